The maximum absolute atomic E-state index is 12.6. The van der Waals surface area contributed by atoms with Gasteiger partial charge in [-0.1, -0.05) is 6.92 Å². The van der Waals surface area contributed by atoms with Crippen LogP contribution in [0.4, 0.5) is 4.39 Å². The van der Waals surface area contributed by atoms with Crippen molar-refractivity contribution in [3.63, 3.8) is 0 Å². The molecule has 1 aliphatic heterocycles. The molecule has 1 fully saturated rings. The molecule has 1 saturated heterocycles. The second kappa shape index (κ2) is 3.13. The maximum atomic E-state index is 12.6. The van der Waals surface area contributed by atoms with Gasteiger partial charge in [-0.15, -0.1) is 0 Å². The van der Waals surface area contributed by atoms with E-state index in [1.807, 2.05) is 6.92 Å². The number of halogens is 1. The Hall–Kier alpha value is -0.150. The highest BCUT2D eigenvalue weighted by molar-refractivity contribution is 4.68. The molecule has 0 aromatic rings. The highest BCUT2D eigenvalue weighted by Gasteiger charge is 2.23. The largest absolute Gasteiger partial charge is 0.352 e. The predicted molar refractivity (Wildman–Crippen MR) is 30.9 cm³/mol. The van der Waals surface area contributed by atoms with Gasteiger partial charge in [-0.2, -0.15) is 0 Å². The van der Waals surface area contributed by atoms with E-state index in [2.05, 4.69) is 0 Å². The molecule has 0 aliphatic carbocycles. The third-order valence-electron chi connectivity index (χ3n) is 1.45. The quantitative estimate of drug-likeness (QED) is 0.534. The average molecular weight is 134 g/mol. The second-order valence-corrected chi connectivity index (χ2v) is 2.12. The topological polar surface area (TPSA) is 18.5 Å². The lowest BCUT2D eigenvalue weighted by molar-refractivity contribution is -0.174. The molecule has 3 heteroatoms. The summed E-state index contributed by atoms with van der Waals surface area (Å²) in [5.41, 5.74) is 0. The van der Waals surface area contributed by atoms with Crippen molar-refractivity contribution in [1.82, 2.24) is 0 Å². The van der Waals surface area contributed by atoms with Crippen LogP contribution in [0.25, 0.3) is 0 Å². The SMILES string of the molecule is CCC1OCOCC1F. The molecule has 0 aromatic carbocycles. The first-order chi connectivity index (χ1) is 4.34. The fourth-order valence-corrected chi connectivity index (χ4v) is 0.882. The average Bonchev–Trinajstić information content (AvgIpc) is 1.89. The third-order valence-corrected chi connectivity index (χ3v) is 1.45. The highest BCUT2D eigenvalue weighted by atomic mass is 19.1. The Balaban J connectivity index is 2.30. The molecule has 0 saturated carbocycles. The normalized spacial score (nSPS) is 36.7. The molecule has 0 N–H and O–H groups in total. The molecule has 1 heterocycles. The number of rotatable bonds is 1. The Kier molecular flexibility index (Phi) is 2.42. The van der Waals surface area contributed by atoms with E-state index < -0.39 is 6.17 Å². The van der Waals surface area contributed by atoms with Gasteiger partial charge in [0.1, 0.15) is 13.0 Å². The van der Waals surface area contributed by atoms with Crippen LogP contribution in [-0.2, 0) is 9.47 Å². The Labute approximate surface area is 54.0 Å². The number of ether oxygens (including phenoxy) is 2. The van der Waals surface area contributed by atoms with Crippen molar-refractivity contribution in [1.29, 1.82) is 0 Å². The van der Waals surface area contributed by atoms with Crippen molar-refractivity contribution in [3.8, 4) is 0 Å². The van der Waals surface area contributed by atoms with Crippen molar-refractivity contribution < 1.29 is 13.9 Å². The van der Waals surface area contributed by atoms with E-state index in [4.69, 9.17) is 9.47 Å². The number of hydrogen-bond donors (Lipinski definition) is 0. The van der Waals surface area contributed by atoms with Gasteiger partial charge in [0.05, 0.1) is 12.7 Å². The van der Waals surface area contributed by atoms with Gasteiger partial charge in [0.2, 0.25) is 0 Å². The molecule has 2 atom stereocenters. The van der Waals surface area contributed by atoms with E-state index in [0.717, 1.165) is 6.42 Å². The summed E-state index contributed by atoms with van der Waals surface area (Å²) < 4.78 is 22.3. The second-order valence-electron chi connectivity index (χ2n) is 2.12. The molecule has 1 rings (SSSR count). The molecule has 0 bridgehead atoms. The molecular weight excluding hydrogens is 123 g/mol. The van der Waals surface area contributed by atoms with Crippen molar-refractivity contribution in [3.05, 3.63) is 0 Å². The fraction of sp³-hybridized carbons (Fsp3) is 1.00. The molecule has 0 aromatic heterocycles. The lowest BCUT2D eigenvalue weighted by atomic mass is 10.2. The Morgan fingerprint density at radius 1 is 1.67 bits per heavy atom. The number of hydrogen-bond acceptors (Lipinski definition) is 2. The summed E-state index contributed by atoms with van der Waals surface area (Å²) in [4.78, 5) is 0. The molecule has 2 nitrogen and oxygen atoms in total. The maximum Gasteiger partial charge on any atom is 0.150 e. The highest BCUT2D eigenvalue weighted by Crippen LogP contribution is 2.12. The van der Waals surface area contributed by atoms with Crippen LogP contribution in [0.5, 0.6) is 0 Å². The number of alkyl halides is 1. The Morgan fingerprint density at radius 2 is 2.44 bits per heavy atom. The fourth-order valence-electron chi connectivity index (χ4n) is 0.882. The minimum absolute atomic E-state index is 0.193. The molecule has 1 aliphatic rings. The van der Waals surface area contributed by atoms with Gasteiger partial charge >= 0.3 is 0 Å². The predicted octanol–water partition coefficient (Wildman–Crippen LogP) is 1.11. The molecule has 0 radical (unpaired) electrons. The smallest absolute Gasteiger partial charge is 0.150 e. The first-order valence-electron chi connectivity index (χ1n) is 3.18. The monoisotopic (exact) mass is 134 g/mol. The first-order valence-corrected chi connectivity index (χ1v) is 3.18. The summed E-state index contributed by atoms with van der Waals surface area (Å²) in [6.07, 6.45) is -0.438. The van der Waals surface area contributed by atoms with Crippen LogP contribution in [0.1, 0.15) is 13.3 Å². The zero-order chi connectivity index (χ0) is 6.69. The van der Waals surface area contributed by atoms with Gasteiger partial charge < -0.3 is 9.47 Å². The van der Waals surface area contributed by atoms with Crippen LogP contribution in [0.2, 0.25) is 0 Å². The zero-order valence-electron chi connectivity index (χ0n) is 5.47. The van der Waals surface area contributed by atoms with Crippen LogP contribution < -0.4 is 0 Å². The summed E-state index contributed by atoms with van der Waals surface area (Å²) in [6, 6.07) is 0. The third kappa shape index (κ3) is 1.63. The molecule has 0 spiro atoms. The van der Waals surface area contributed by atoms with Crippen molar-refractivity contribution >= 4 is 0 Å². The summed E-state index contributed by atoms with van der Waals surface area (Å²) in [6.45, 7) is 2.35. The van der Waals surface area contributed by atoms with E-state index >= 15 is 0 Å². The van der Waals surface area contributed by atoms with Gasteiger partial charge in [0, 0.05) is 0 Å². The summed E-state index contributed by atoms with van der Waals surface area (Å²) in [5, 5.41) is 0. The van der Waals surface area contributed by atoms with Gasteiger partial charge in [-0.3, -0.25) is 0 Å². The van der Waals surface area contributed by atoms with E-state index in [0.29, 0.717) is 0 Å². The van der Waals surface area contributed by atoms with E-state index in [1.165, 1.54) is 0 Å². The lowest BCUT2D eigenvalue weighted by Crippen LogP contribution is -2.35. The molecule has 9 heavy (non-hydrogen) atoms. The van der Waals surface area contributed by atoms with Crippen molar-refractivity contribution in [2.45, 2.75) is 25.6 Å². The van der Waals surface area contributed by atoms with Crippen LogP contribution in [0.3, 0.4) is 0 Å². The summed E-state index contributed by atoms with van der Waals surface area (Å²) >= 11 is 0. The Bertz CT molecular complexity index is 87.1. The standard InChI is InChI=1S/C6H11FO2/c1-2-6-5(7)3-8-4-9-6/h5-6H,2-4H2,1H3. The van der Waals surface area contributed by atoms with Gasteiger partial charge in [-0.05, 0) is 6.42 Å². The van der Waals surface area contributed by atoms with E-state index in [1.54, 1.807) is 0 Å². The van der Waals surface area contributed by atoms with Crippen LogP contribution in [0.15, 0.2) is 0 Å². The molecule has 2 unspecified atom stereocenters. The van der Waals surface area contributed by atoms with Gasteiger partial charge in [0.25, 0.3) is 0 Å². The zero-order valence-corrected chi connectivity index (χ0v) is 5.47. The first kappa shape index (κ1) is 6.96. The molecular formula is C6H11FO2. The lowest BCUT2D eigenvalue weighted by Gasteiger charge is -2.24. The minimum Gasteiger partial charge on any atom is -0.352 e. The van der Waals surface area contributed by atoms with Crippen LogP contribution >= 0.6 is 0 Å². The van der Waals surface area contributed by atoms with Crippen LogP contribution in [0, 0.1) is 0 Å². The van der Waals surface area contributed by atoms with Crippen molar-refractivity contribution in [2.75, 3.05) is 13.4 Å². The van der Waals surface area contributed by atoms with Crippen molar-refractivity contribution in [2.24, 2.45) is 0 Å². The van der Waals surface area contributed by atoms with Gasteiger partial charge in [-0.25, -0.2) is 4.39 Å². The summed E-state index contributed by atoms with van der Waals surface area (Å²) in [7, 11) is 0. The molecule has 0 amide bonds. The van der Waals surface area contributed by atoms with Gasteiger partial charge in [0.15, 0.2) is 0 Å². The summed E-state index contributed by atoms with van der Waals surface area (Å²) in [5.74, 6) is 0. The Morgan fingerprint density at radius 3 is 2.89 bits per heavy atom. The van der Waals surface area contributed by atoms with Crippen LogP contribution in [-0.4, -0.2) is 25.7 Å². The molecule has 54 valence electrons. The minimum atomic E-state index is -0.927. The van der Waals surface area contributed by atoms with E-state index in [-0.39, 0.29) is 19.5 Å². The van der Waals surface area contributed by atoms with E-state index in [9.17, 15) is 4.39 Å².